The van der Waals surface area contributed by atoms with Gasteiger partial charge in [-0.3, -0.25) is 0 Å². The van der Waals surface area contributed by atoms with Crippen LogP contribution in [0.15, 0.2) is 34.7 Å². The van der Waals surface area contributed by atoms with E-state index in [0.717, 1.165) is 5.56 Å². The maximum atomic E-state index is 11.9. The summed E-state index contributed by atoms with van der Waals surface area (Å²) in [6.45, 7) is 4.20. The summed E-state index contributed by atoms with van der Waals surface area (Å²) < 4.78 is 10.3. The topological polar surface area (TPSA) is 103 Å². The normalized spacial score (nSPS) is 12.1. The van der Waals surface area contributed by atoms with Crippen molar-refractivity contribution < 1.29 is 13.9 Å². The fourth-order valence-corrected chi connectivity index (χ4v) is 1.91. The minimum atomic E-state index is -0.477. The number of aromatic nitrogens is 2. The highest BCUT2D eigenvalue weighted by Crippen LogP contribution is 2.11. The number of alkyl carbamates (subject to hydrolysis) is 1. The Bertz CT molecular complexity index is 598. The minimum Gasteiger partial charge on any atom is -0.445 e. The lowest BCUT2D eigenvalue weighted by Gasteiger charge is -2.20. The number of hydrogen-bond donors (Lipinski definition) is 2. The number of benzene rings is 1. The van der Waals surface area contributed by atoms with Crippen LogP contribution in [0.25, 0.3) is 0 Å². The fraction of sp³-hybridized carbons (Fsp3) is 0.400. The van der Waals surface area contributed by atoms with Crippen LogP contribution >= 0.6 is 0 Å². The number of nitrogen functional groups attached to an aromatic ring is 1. The standard InChI is InChI=1S/C15H20N4O3/c1-10(2)12(8-13-18-19-14(16)22-13)17-15(20)21-9-11-6-4-3-5-7-11/h3-7,10,12H,8-9H2,1-2H3,(H2,16,19)(H,17,20)/t12-/m1/s1. The van der Waals surface area contributed by atoms with E-state index in [4.69, 9.17) is 14.9 Å². The summed E-state index contributed by atoms with van der Waals surface area (Å²) in [6, 6.07) is 9.34. The second-order valence-corrected chi connectivity index (χ2v) is 5.29. The summed E-state index contributed by atoms with van der Waals surface area (Å²) >= 11 is 0. The number of ether oxygens (including phenoxy) is 1. The average Bonchev–Trinajstić information content (AvgIpc) is 2.91. The van der Waals surface area contributed by atoms with Crippen LogP contribution in [-0.4, -0.2) is 22.3 Å². The molecule has 0 unspecified atom stereocenters. The van der Waals surface area contributed by atoms with E-state index in [2.05, 4.69) is 15.5 Å². The van der Waals surface area contributed by atoms with E-state index in [0.29, 0.717) is 12.3 Å². The van der Waals surface area contributed by atoms with E-state index in [1.807, 2.05) is 44.2 Å². The molecular weight excluding hydrogens is 284 g/mol. The van der Waals surface area contributed by atoms with Gasteiger partial charge < -0.3 is 20.2 Å². The Morgan fingerprint density at radius 2 is 2.05 bits per heavy atom. The molecule has 0 aliphatic heterocycles. The van der Waals surface area contributed by atoms with Crippen molar-refractivity contribution in [2.75, 3.05) is 5.73 Å². The Hall–Kier alpha value is -2.57. The van der Waals surface area contributed by atoms with Crippen LogP contribution in [0.2, 0.25) is 0 Å². The summed E-state index contributed by atoms with van der Waals surface area (Å²) in [5.41, 5.74) is 6.33. The first-order valence-corrected chi connectivity index (χ1v) is 7.09. The van der Waals surface area contributed by atoms with E-state index in [1.165, 1.54) is 0 Å². The zero-order valence-electron chi connectivity index (χ0n) is 12.7. The van der Waals surface area contributed by atoms with Crippen molar-refractivity contribution in [2.24, 2.45) is 5.92 Å². The number of carbonyl (C=O) groups is 1. The summed E-state index contributed by atoms with van der Waals surface area (Å²) in [6.07, 6.45) is -0.0718. The maximum absolute atomic E-state index is 11.9. The first-order valence-electron chi connectivity index (χ1n) is 7.09. The molecule has 1 atom stereocenters. The molecule has 118 valence electrons. The highest BCUT2D eigenvalue weighted by molar-refractivity contribution is 5.67. The first-order chi connectivity index (χ1) is 10.5. The predicted molar refractivity (Wildman–Crippen MR) is 80.8 cm³/mol. The summed E-state index contributed by atoms with van der Waals surface area (Å²) in [7, 11) is 0. The SMILES string of the molecule is CC(C)[C@@H](Cc1nnc(N)o1)NC(=O)OCc1ccccc1. The summed E-state index contributed by atoms with van der Waals surface area (Å²) in [5.74, 6) is 0.567. The highest BCUT2D eigenvalue weighted by Gasteiger charge is 2.20. The number of carbonyl (C=O) groups excluding carboxylic acids is 1. The lowest BCUT2D eigenvalue weighted by Crippen LogP contribution is -2.40. The number of nitrogens with zero attached hydrogens (tertiary/aromatic N) is 2. The van der Waals surface area contributed by atoms with Crippen LogP contribution < -0.4 is 11.1 Å². The number of anilines is 1. The lowest BCUT2D eigenvalue weighted by molar-refractivity contribution is 0.132. The highest BCUT2D eigenvalue weighted by atomic mass is 16.5. The molecule has 0 fully saturated rings. The number of hydrogen-bond acceptors (Lipinski definition) is 6. The van der Waals surface area contributed by atoms with Crippen LogP contribution in [0.4, 0.5) is 10.8 Å². The Morgan fingerprint density at radius 1 is 1.32 bits per heavy atom. The summed E-state index contributed by atoms with van der Waals surface area (Å²) in [5, 5.41) is 10.2. The van der Waals surface area contributed by atoms with Crippen molar-refractivity contribution in [3.8, 4) is 0 Å². The number of nitrogens with two attached hydrogens (primary N) is 1. The van der Waals surface area contributed by atoms with Crippen molar-refractivity contribution in [3.05, 3.63) is 41.8 Å². The van der Waals surface area contributed by atoms with Gasteiger partial charge in [-0.05, 0) is 11.5 Å². The molecule has 1 aromatic carbocycles. The van der Waals surface area contributed by atoms with Gasteiger partial charge in [-0.1, -0.05) is 49.3 Å². The molecule has 0 saturated carbocycles. The molecule has 2 aromatic rings. The molecule has 7 nitrogen and oxygen atoms in total. The Morgan fingerprint density at radius 3 is 2.64 bits per heavy atom. The molecule has 0 radical (unpaired) electrons. The zero-order valence-corrected chi connectivity index (χ0v) is 12.7. The van der Waals surface area contributed by atoms with E-state index < -0.39 is 6.09 Å². The molecule has 1 heterocycles. The molecule has 7 heteroatoms. The lowest BCUT2D eigenvalue weighted by atomic mass is 10.0. The van der Waals surface area contributed by atoms with E-state index in [1.54, 1.807) is 0 Å². The largest absolute Gasteiger partial charge is 0.445 e. The third kappa shape index (κ3) is 4.76. The van der Waals surface area contributed by atoms with Crippen molar-refractivity contribution in [1.29, 1.82) is 0 Å². The molecule has 0 bridgehead atoms. The van der Waals surface area contributed by atoms with Crippen LogP contribution in [0, 0.1) is 5.92 Å². The van der Waals surface area contributed by atoms with Gasteiger partial charge in [0.25, 0.3) is 0 Å². The summed E-state index contributed by atoms with van der Waals surface area (Å²) in [4.78, 5) is 11.9. The van der Waals surface area contributed by atoms with Crippen molar-refractivity contribution in [1.82, 2.24) is 15.5 Å². The first kappa shape index (κ1) is 15.8. The predicted octanol–water partition coefficient (Wildman–Crippen LogP) is 2.15. The van der Waals surface area contributed by atoms with Crippen LogP contribution in [-0.2, 0) is 17.8 Å². The Balaban J connectivity index is 1.86. The van der Waals surface area contributed by atoms with Crippen molar-refractivity contribution >= 4 is 12.1 Å². The van der Waals surface area contributed by atoms with E-state index in [9.17, 15) is 4.79 Å². The number of amides is 1. The second-order valence-electron chi connectivity index (χ2n) is 5.29. The monoisotopic (exact) mass is 304 g/mol. The molecule has 3 N–H and O–H groups in total. The minimum absolute atomic E-state index is 0.0177. The number of rotatable bonds is 6. The molecule has 22 heavy (non-hydrogen) atoms. The molecule has 2 rings (SSSR count). The smallest absolute Gasteiger partial charge is 0.407 e. The van der Waals surface area contributed by atoms with Gasteiger partial charge in [0.1, 0.15) is 6.61 Å². The molecule has 0 aliphatic rings. The van der Waals surface area contributed by atoms with Crippen LogP contribution in [0.5, 0.6) is 0 Å². The van der Waals surface area contributed by atoms with Gasteiger partial charge in [0.2, 0.25) is 5.89 Å². The van der Waals surface area contributed by atoms with E-state index in [-0.39, 0.29) is 24.6 Å². The van der Waals surface area contributed by atoms with Gasteiger partial charge in [0.15, 0.2) is 0 Å². The molecule has 0 spiro atoms. The Labute approximate surface area is 128 Å². The maximum Gasteiger partial charge on any atom is 0.407 e. The van der Waals surface area contributed by atoms with E-state index >= 15 is 0 Å². The third-order valence-electron chi connectivity index (χ3n) is 3.20. The second kappa shape index (κ2) is 7.44. The van der Waals surface area contributed by atoms with Crippen LogP contribution in [0.3, 0.4) is 0 Å². The molecule has 1 aromatic heterocycles. The zero-order chi connectivity index (χ0) is 15.9. The number of nitrogens with one attached hydrogen (secondary N) is 1. The van der Waals surface area contributed by atoms with Crippen LogP contribution in [0.1, 0.15) is 25.3 Å². The Kier molecular flexibility index (Phi) is 5.35. The molecule has 0 aliphatic carbocycles. The molecule has 1 amide bonds. The molecular formula is C15H20N4O3. The van der Waals surface area contributed by atoms with Crippen molar-refractivity contribution in [2.45, 2.75) is 32.9 Å². The molecule has 0 saturated heterocycles. The van der Waals surface area contributed by atoms with Gasteiger partial charge in [0.05, 0.1) is 0 Å². The third-order valence-corrected chi connectivity index (χ3v) is 3.20. The van der Waals surface area contributed by atoms with Gasteiger partial charge in [-0.25, -0.2) is 4.79 Å². The van der Waals surface area contributed by atoms with Gasteiger partial charge in [-0.2, -0.15) is 0 Å². The fourth-order valence-electron chi connectivity index (χ4n) is 1.91. The van der Waals surface area contributed by atoms with Gasteiger partial charge >= 0.3 is 12.1 Å². The quantitative estimate of drug-likeness (QED) is 0.847. The van der Waals surface area contributed by atoms with Crippen molar-refractivity contribution in [3.63, 3.8) is 0 Å². The van der Waals surface area contributed by atoms with Gasteiger partial charge in [0, 0.05) is 12.5 Å². The van der Waals surface area contributed by atoms with Gasteiger partial charge in [-0.15, -0.1) is 5.10 Å². The average molecular weight is 304 g/mol.